The van der Waals surface area contributed by atoms with Gasteiger partial charge < -0.3 is 4.57 Å². The molecule has 1 fully saturated rings. The summed E-state index contributed by atoms with van der Waals surface area (Å²) in [5, 5.41) is 0. The number of hydrogen-bond acceptors (Lipinski definition) is 4. The number of sulfonamides is 1. The number of piperidine rings is 1. The Kier molecular flexibility index (Phi) is 5.85. The van der Waals surface area contributed by atoms with Crippen molar-refractivity contribution in [1.82, 2.24) is 8.87 Å². The maximum Gasteiger partial charge on any atom is 0.251 e. The van der Waals surface area contributed by atoms with Crippen molar-refractivity contribution in [2.75, 3.05) is 13.1 Å². The molecule has 2 aromatic carbocycles. The van der Waals surface area contributed by atoms with Crippen LogP contribution in [0.3, 0.4) is 0 Å². The predicted octanol–water partition coefficient (Wildman–Crippen LogP) is 3.52. The van der Waals surface area contributed by atoms with Crippen molar-refractivity contribution in [3.63, 3.8) is 0 Å². The summed E-state index contributed by atoms with van der Waals surface area (Å²) >= 11 is 1.48. The lowest BCUT2D eigenvalue weighted by atomic mass is 9.98. The topological polar surface area (TPSA) is 71.7 Å². The Bertz CT molecular complexity index is 1320. The van der Waals surface area contributed by atoms with Gasteiger partial charge in [-0.2, -0.15) is 9.30 Å². The van der Waals surface area contributed by atoms with Crippen molar-refractivity contribution in [3.05, 3.63) is 58.1 Å². The van der Waals surface area contributed by atoms with Gasteiger partial charge in [0.2, 0.25) is 10.0 Å². The summed E-state index contributed by atoms with van der Waals surface area (Å²) in [6, 6.07) is 8.92. The first-order chi connectivity index (χ1) is 14.7. The molecule has 0 aliphatic carbocycles. The molecule has 1 saturated heterocycles. The van der Waals surface area contributed by atoms with Gasteiger partial charge in [0.25, 0.3) is 5.91 Å². The van der Waals surface area contributed by atoms with E-state index in [1.165, 1.54) is 38.9 Å². The van der Waals surface area contributed by atoms with Gasteiger partial charge in [-0.05, 0) is 68.1 Å². The molecular weight excluding hydrogens is 437 g/mol. The normalized spacial score (nSPS) is 16.8. The van der Waals surface area contributed by atoms with Gasteiger partial charge in [0, 0.05) is 26.1 Å². The van der Waals surface area contributed by atoms with E-state index in [0.29, 0.717) is 17.6 Å². The number of aromatic nitrogens is 1. The van der Waals surface area contributed by atoms with E-state index in [9.17, 15) is 17.6 Å². The van der Waals surface area contributed by atoms with Crippen molar-refractivity contribution in [3.8, 4) is 0 Å². The lowest BCUT2D eigenvalue weighted by Crippen LogP contribution is -2.40. The SMILES string of the molecule is Cc1ccc2sc(=NC(=O)C3CCN(S(=O)(=O)c4ccc(F)cc4)CC3)n(C)c2c1C. The summed E-state index contributed by atoms with van der Waals surface area (Å²) in [6.45, 7) is 4.60. The summed E-state index contributed by atoms with van der Waals surface area (Å²) in [7, 11) is -1.79. The molecule has 0 N–H and O–H groups in total. The number of carbonyl (C=O) groups is 1. The molecule has 0 atom stereocenters. The van der Waals surface area contributed by atoms with E-state index in [1.54, 1.807) is 0 Å². The minimum atomic E-state index is -3.70. The van der Waals surface area contributed by atoms with Crippen LogP contribution in [-0.2, 0) is 21.9 Å². The van der Waals surface area contributed by atoms with Gasteiger partial charge in [0.1, 0.15) is 5.82 Å². The first-order valence-corrected chi connectivity index (χ1v) is 12.3. The van der Waals surface area contributed by atoms with Crippen LogP contribution in [0.5, 0.6) is 0 Å². The van der Waals surface area contributed by atoms with Gasteiger partial charge in [0.15, 0.2) is 4.80 Å². The Morgan fingerprint density at radius 2 is 1.74 bits per heavy atom. The van der Waals surface area contributed by atoms with E-state index in [-0.39, 0.29) is 29.8 Å². The van der Waals surface area contributed by atoms with Crippen LogP contribution in [0.15, 0.2) is 46.3 Å². The van der Waals surface area contributed by atoms with Crippen LogP contribution in [0.4, 0.5) is 4.39 Å². The molecule has 2 heterocycles. The van der Waals surface area contributed by atoms with E-state index in [4.69, 9.17) is 0 Å². The van der Waals surface area contributed by atoms with Gasteiger partial charge in [-0.3, -0.25) is 4.79 Å². The second kappa shape index (κ2) is 8.29. The number of aryl methyl sites for hydroxylation is 3. The molecule has 1 aliphatic rings. The molecule has 4 rings (SSSR count). The number of thiazole rings is 1. The first-order valence-electron chi connectivity index (χ1n) is 10.1. The monoisotopic (exact) mass is 461 g/mol. The Labute approximate surface area is 184 Å². The van der Waals surface area contributed by atoms with Crippen molar-refractivity contribution >= 4 is 37.5 Å². The molecule has 31 heavy (non-hydrogen) atoms. The third kappa shape index (κ3) is 4.09. The number of nitrogens with zero attached hydrogens (tertiary/aromatic N) is 3. The standard InChI is InChI=1S/C22H24FN3O3S2/c1-14-4-9-19-20(15(14)2)25(3)22(30-19)24-21(27)16-10-12-26(13-11-16)31(28,29)18-7-5-17(23)6-8-18/h4-9,16H,10-13H2,1-3H3. The zero-order valence-corrected chi connectivity index (χ0v) is 19.3. The minimum Gasteiger partial charge on any atom is -0.319 e. The molecule has 0 bridgehead atoms. The van der Waals surface area contributed by atoms with Crippen LogP contribution in [-0.4, -0.2) is 36.3 Å². The van der Waals surface area contributed by atoms with Gasteiger partial charge in [0.05, 0.1) is 15.1 Å². The van der Waals surface area contributed by atoms with Crippen LogP contribution in [0.25, 0.3) is 10.2 Å². The number of halogens is 1. The summed E-state index contributed by atoms with van der Waals surface area (Å²) in [4.78, 5) is 17.9. The molecule has 9 heteroatoms. The molecule has 0 saturated carbocycles. The van der Waals surface area contributed by atoms with E-state index in [2.05, 4.69) is 24.9 Å². The lowest BCUT2D eigenvalue weighted by molar-refractivity contribution is -0.122. The van der Waals surface area contributed by atoms with Crippen LogP contribution >= 0.6 is 11.3 Å². The van der Waals surface area contributed by atoms with Gasteiger partial charge in [-0.25, -0.2) is 12.8 Å². The summed E-state index contributed by atoms with van der Waals surface area (Å²) in [5.74, 6) is -1.01. The molecule has 0 unspecified atom stereocenters. The second-order valence-corrected chi connectivity index (χ2v) is 10.8. The van der Waals surface area contributed by atoms with Gasteiger partial charge in [-0.15, -0.1) is 0 Å². The molecule has 1 aliphatic heterocycles. The van der Waals surface area contributed by atoms with E-state index in [1.807, 2.05) is 17.7 Å². The van der Waals surface area contributed by atoms with Crippen molar-refractivity contribution < 1.29 is 17.6 Å². The third-order valence-electron chi connectivity index (χ3n) is 5.95. The van der Waals surface area contributed by atoms with Gasteiger partial charge >= 0.3 is 0 Å². The number of benzene rings is 2. The molecule has 6 nitrogen and oxygen atoms in total. The second-order valence-electron chi connectivity index (χ2n) is 7.88. The number of rotatable bonds is 3. The third-order valence-corrected chi connectivity index (χ3v) is 8.96. The average Bonchev–Trinajstić information content (AvgIpc) is 3.07. The Morgan fingerprint density at radius 3 is 2.39 bits per heavy atom. The zero-order valence-electron chi connectivity index (χ0n) is 17.6. The van der Waals surface area contributed by atoms with Crippen molar-refractivity contribution in [2.45, 2.75) is 31.6 Å². The molecule has 164 valence electrons. The highest BCUT2D eigenvalue weighted by molar-refractivity contribution is 7.89. The van der Waals surface area contributed by atoms with Crippen LogP contribution in [0.1, 0.15) is 24.0 Å². The highest BCUT2D eigenvalue weighted by Gasteiger charge is 2.32. The molecular formula is C22H24FN3O3S2. The quantitative estimate of drug-likeness (QED) is 0.599. The average molecular weight is 462 g/mol. The summed E-state index contributed by atoms with van der Waals surface area (Å²) in [5.41, 5.74) is 3.44. The van der Waals surface area contributed by atoms with Crippen molar-refractivity contribution in [1.29, 1.82) is 0 Å². The Morgan fingerprint density at radius 1 is 1.10 bits per heavy atom. The predicted molar refractivity (Wildman–Crippen MR) is 119 cm³/mol. The first kappa shape index (κ1) is 21.9. The highest BCUT2D eigenvalue weighted by atomic mass is 32.2. The Hall–Kier alpha value is -2.36. The lowest BCUT2D eigenvalue weighted by Gasteiger charge is -2.29. The minimum absolute atomic E-state index is 0.0614. The maximum atomic E-state index is 13.1. The van der Waals surface area contributed by atoms with Crippen LogP contribution in [0, 0.1) is 25.6 Å². The fourth-order valence-electron chi connectivity index (χ4n) is 3.92. The molecule has 1 aromatic heterocycles. The number of carbonyl (C=O) groups excluding carboxylic acids is 1. The number of amides is 1. The van der Waals surface area contributed by atoms with Gasteiger partial charge in [-0.1, -0.05) is 17.4 Å². The fourth-order valence-corrected chi connectivity index (χ4v) is 6.47. The fraction of sp³-hybridized carbons (Fsp3) is 0.364. The smallest absolute Gasteiger partial charge is 0.251 e. The zero-order chi connectivity index (χ0) is 22.3. The highest BCUT2D eigenvalue weighted by Crippen LogP contribution is 2.26. The maximum absolute atomic E-state index is 13.1. The van der Waals surface area contributed by atoms with Crippen molar-refractivity contribution in [2.24, 2.45) is 18.0 Å². The van der Waals surface area contributed by atoms with E-state index in [0.717, 1.165) is 22.3 Å². The number of hydrogen-bond donors (Lipinski definition) is 0. The van der Waals surface area contributed by atoms with E-state index < -0.39 is 15.8 Å². The van der Waals surface area contributed by atoms with E-state index >= 15 is 0 Å². The van der Waals surface area contributed by atoms with Crippen LogP contribution < -0.4 is 4.80 Å². The number of fused-ring (bicyclic) bond motifs is 1. The summed E-state index contributed by atoms with van der Waals surface area (Å²) in [6.07, 6.45) is 0.824. The molecule has 1 amide bonds. The van der Waals surface area contributed by atoms with Crippen LogP contribution in [0.2, 0.25) is 0 Å². The Balaban J connectivity index is 1.51. The summed E-state index contributed by atoms with van der Waals surface area (Å²) < 4.78 is 43.0. The molecule has 3 aromatic rings. The molecule has 0 spiro atoms. The molecule has 0 radical (unpaired) electrons. The largest absolute Gasteiger partial charge is 0.319 e.